The summed E-state index contributed by atoms with van der Waals surface area (Å²) in [6, 6.07) is 7.23. The highest BCUT2D eigenvalue weighted by atomic mass is 32.1. The van der Waals surface area contributed by atoms with Gasteiger partial charge in [0.05, 0.1) is 15.2 Å². The Labute approximate surface area is 143 Å². The number of esters is 1. The number of hydrogen-bond donors (Lipinski definition) is 2. The zero-order valence-electron chi connectivity index (χ0n) is 13.5. The van der Waals surface area contributed by atoms with E-state index >= 15 is 0 Å². The molecule has 1 heterocycles. The van der Waals surface area contributed by atoms with Crippen LogP contribution in [0.25, 0.3) is 10.2 Å². The van der Waals surface area contributed by atoms with Gasteiger partial charge in [0.1, 0.15) is 0 Å². The predicted octanol–water partition coefficient (Wildman–Crippen LogP) is 2.01. The molecule has 0 radical (unpaired) electrons. The average Bonchev–Trinajstić information content (AvgIpc) is 2.97. The van der Waals surface area contributed by atoms with Gasteiger partial charge < -0.3 is 10.1 Å². The molecule has 1 aromatic heterocycles. The molecule has 8 heteroatoms. The number of carbonyl (C=O) groups is 3. The van der Waals surface area contributed by atoms with Crippen LogP contribution in [0.5, 0.6) is 0 Å². The Bertz CT molecular complexity index is 711. The van der Waals surface area contributed by atoms with Crippen molar-refractivity contribution < 1.29 is 19.1 Å². The third-order valence-electron chi connectivity index (χ3n) is 3.25. The van der Waals surface area contributed by atoms with Crippen LogP contribution in [0.1, 0.15) is 24.8 Å². The van der Waals surface area contributed by atoms with Crippen molar-refractivity contribution in [1.29, 1.82) is 0 Å². The molecule has 7 nitrogen and oxygen atoms in total. The van der Waals surface area contributed by atoms with Crippen molar-refractivity contribution in [3.63, 3.8) is 0 Å². The van der Waals surface area contributed by atoms with Crippen molar-refractivity contribution in [2.75, 3.05) is 7.05 Å². The van der Waals surface area contributed by atoms with Crippen molar-refractivity contribution >= 4 is 39.5 Å². The van der Waals surface area contributed by atoms with Gasteiger partial charge in [0, 0.05) is 13.5 Å². The molecule has 3 amide bonds. The molecule has 0 bridgehead atoms. The predicted molar refractivity (Wildman–Crippen MR) is 90.7 cm³/mol. The van der Waals surface area contributed by atoms with Crippen molar-refractivity contribution in [1.82, 2.24) is 15.6 Å². The number of urea groups is 1. The summed E-state index contributed by atoms with van der Waals surface area (Å²) in [5.74, 6) is -1.13. The summed E-state index contributed by atoms with van der Waals surface area (Å²) < 4.78 is 6.13. The minimum absolute atomic E-state index is 0.188. The van der Waals surface area contributed by atoms with Crippen LogP contribution < -0.4 is 10.6 Å². The monoisotopic (exact) mass is 349 g/mol. The van der Waals surface area contributed by atoms with E-state index in [1.165, 1.54) is 14.0 Å². The number of carbonyl (C=O) groups excluding carboxylic acids is 3. The number of ether oxygens (including phenoxy) is 1. The number of amides is 3. The van der Waals surface area contributed by atoms with Crippen LogP contribution in [-0.4, -0.2) is 36.0 Å². The first-order valence-electron chi connectivity index (χ1n) is 7.56. The normalized spacial score (nSPS) is 11.8. The molecule has 0 fully saturated rings. The van der Waals surface area contributed by atoms with E-state index in [0.717, 1.165) is 15.2 Å². The van der Waals surface area contributed by atoms with Gasteiger partial charge in [-0.25, -0.2) is 9.78 Å². The number of thiazole rings is 1. The van der Waals surface area contributed by atoms with E-state index in [-0.39, 0.29) is 6.42 Å². The van der Waals surface area contributed by atoms with Gasteiger partial charge in [-0.05, 0) is 31.9 Å². The molecule has 24 heavy (non-hydrogen) atoms. The van der Waals surface area contributed by atoms with Gasteiger partial charge in [0.25, 0.3) is 5.91 Å². The van der Waals surface area contributed by atoms with Gasteiger partial charge in [0.2, 0.25) is 0 Å². The van der Waals surface area contributed by atoms with Crippen molar-refractivity contribution in [3.8, 4) is 0 Å². The number of aromatic nitrogens is 1. The van der Waals surface area contributed by atoms with Crippen molar-refractivity contribution in [2.45, 2.75) is 32.3 Å². The highest BCUT2D eigenvalue weighted by Gasteiger charge is 2.19. The molecule has 1 aromatic carbocycles. The Morgan fingerprint density at radius 2 is 2.04 bits per heavy atom. The zero-order valence-corrected chi connectivity index (χ0v) is 14.3. The number of benzene rings is 1. The zero-order chi connectivity index (χ0) is 17.5. The molecule has 2 N–H and O–H groups in total. The summed E-state index contributed by atoms with van der Waals surface area (Å²) >= 11 is 1.61. The fourth-order valence-electron chi connectivity index (χ4n) is 2.00. The van der Waals surface area contributed by atoms with E-state index in [1.807, 2.05) is 24.3 Å². The van der Waals surface area contributed by atoms with Crippen LogP contribution in [0.4, 0.5) is 4.79 Å². The molecule has 2 rings (SSSR count). The molecule has 0 saturated heterocycles. The third-order valence-corrected chi connectivity index (χ3v) is 4.35. The van der Waals surface area contributed by atoms with Crippen LogP contribution in [0.2, 0.25) is 0 Å². The summed E-state index contributed by atoms with van der Waals surface area (Å²) in [6.45, 7) is 1.42. The number of imide groups is 1. The van der Waals surface area contributed by atoms with E-state index < -0.39 is 24.0 Å². The summed E-state index contributed by atoms with van der Waals surface area (Å²) in [5, 5.41) is 5.27. The Balaban J connectivity index is 1.74. The summed E-state index contributed by atoms with van der Waals surface area (Å²) in [7, 11) is 1.39. The van der Waals surface area contributed by atoms with Crippen LogP contribution in [-0.2, 0) is 20.7 Å². The molecule has 0 spiro atoms. The smallest absolute Gasteiger partial charge is 0.321 e. The lowest BCUT2D eigenvalue weighted by atomic mass is 10.2. The van der Waals surface area contributed by atoms with Gasteiger partial charge in [-0.15, -0.1) is 11.3 Å². The average molecular weight is 349 g/mol. The second-order valence-electron chi connectivity index (χ2n) is 5.13. The van der Waals surface area contributed by atoms with E-state index in [9.17, 15) is 14.4 Å². The number of para-hydroxylation sites is 1. The second kappa shape index (κ2) is 8.39. The Morgan fingerprint density at radius 3 is 2.75 bits per heavy atom. The Hall–Kier alpha value is -2.48. The fraction of sp³-hybridized carbons (Fsp3) is 0.375. The lowest BCUT2D eigenvalue weighted by molar-refractivity contribution is -0.154. The van der Waals surface area contributed by atoms with Crippen molar-refractivity contribution in [2.24, 2.45) is 0 Å². The van der Waals surface area contributed by atoms with E-state index in [4.69, 9.17) is 4.74 Å². The quantitative estimate of drug-likeness (QED) is 0.778. The number of nitrogens with one attached hydrogen (secondary N) is 2. The molecule has 0 aliphatic rings. The highest BCUT2D eigenvalue weighted by Crippen LogP contribution is 2.22. The third kappa shape index (κ3) is 5.02. The van der Waals surface area contributed by atoms with Gasteiger partial charge in [0.15, 0.2) is 6.10 Å². The maximum Gasteiger partial charge on any atom is 0.321 e. The Morgan fingerprint density at radius 1 is 1.29 bits per heavy atom. The van der Waals surface area contributed by atoms with Gasteiger partial charge in [-0.1, -0.05) is 12.1 Å². The second-order valence-corrected chi connectivity index (χ2v) is 6.24. The summed E-state index contributed by atoms with van der Waals surface area (Å²) in [6.07, 6.45) is 0.431. The largest absolute Gasteiger partial charge is 0.453 e. The van der Waals surface area contributed by atoms with Gasteiger partial charge in [-0.2, -0.15) is 0 Å². The first-order chi connectivity index (χ1) is 11.5. The minimum Gasteiger partial charge on any atom is -0.453 e. The standard InChI is InChI=1S/C16H19N3O4S/c1-10(15(21)19-16(22)17-2)23-14(20)9-5-8-13-18-11-6-3-4-7-12(11)24-13/h3-4,6-7,10H,5,8-9H2,1-2H3,(H2,17,19,21,22)/t10-/m1/s1. The molecule has 2 aromatic rings. The summed E-state index contributed by atoms with van der Waals surface area (Å²) in [4.78, 5) is 38.9. The van der Waals surface area contributed by atoms with Crippen molar-refractivity contribution in [3.05, 3.63) is 29.3 Å². The first kappa shape index (κ1) is 17.9. The van der Waals surface area contributed by atoms with Crippen LogP contribution in [0.15, 0.2) is 24.3 Å². The molecular formula is C16H19N3O4S. The number of hydrogen-bond acceptors (Lipinski definition) is 6. The SMILES string of the molecule is CNC(=O)NC(=O)[C@@H](C)OC(=O)CCCc1nc2ccccc2s1. The molecule has 0 saturated carbocycles. The van der Waals surface area contributed by atoms with Gasteiger partial charge in [-0.3, -0.25) is 14.9 Å². The lowest BCUT2D eigenvalue weighted by Crippen LogP contribution is -2.43. The molecule has 0 aliphatic heterocycles. The van der Waals surface area contributed by atoms with Crippen LogP contribution in [0.3, 0.4) is 0 Å². The minimum atomic E-state index is -1.02. The topological polar surface area (TPSA) is 97.4 Å². The van der Waals surface area contributed by atoms with E-state index in [0.29, 0.717) is 12.8 Å². The van der Waals surface area contributed by atoms with Gasteiger partial charge >= 0.3 is 12.0 Å². The molecule has 128 valence electrons. The maximum atomic E-state index is 11.8. The number of fused-ring (bicyclic) bond motifs is 1. The lowest BCUT2D eigenvalue weighted by Gasteiger charge is -2.12. The first-order valence-corrected chi connectivity index (χ1v) is 8.37. The van der Waals surface area contributed by atoms with Crippen LogP contribution >= 0.6 is 11.3 Å². The molecule has 0 aliphatic carbocycles. The number of nitrogens with zero attached hydrogens (tertiary/aromatic N) is 1. The summed E-state index contributed by atoms with van der Waals surface area (Å²) in [5.41, 5.74) is 0.958. The highest BCUT2D eigenvalue weighted by molar-refractivity contribution is 7.18. The van der Waals surface area contributed by atoms with E-state index in [1.54, 1.807) is 11.3 Å². The fourth-order valence-corrected chi connectivity index (χ4v) is 3.01. The van der Waals surface area contributed by atoms with Crippen LogP contribution in [0, 0.1) is 0 Å². The molecular weight excluding hydrogens is 330 g/mol. The maximum absolute atomic E-state index is 11.8. The number of rotatable bonds is 6. The Kier molecular flexibility index (Phi) is 6.25. The molecule has 1 atom stereocenters. The van der Waals surface area contributed by atoms with E-state index in [2.05, 4.69) is 15.6 Å². The molecule has 0 unspecified atom stereocenters. The number of aryl methyl sites for hydroxylation is 1.